The maximum Gasteiger partial charge on any atom is 0.241 e. The first-order valence-corrected chi connectivity index (χ1v) is 6.20. The van der Waals surface area contributed by atoms with E-state index in [1.165, 1.54) is 0 Å². The van der Waals surface area contributed by atoms with Gasteiger partial charge in [-0.25, -0.2) is 0 Å². The molecule has 0 radical (unpaired) electrons. The highest BCUT2D eigenvalue weighted by Gasteiger charge is 2.14. The van der Waals surface area contributed by atoms with Crippen molar-refractivity contribution in [2.45, 2.75) is 13.0 Å². The zero-order valence-corrected chi connectivity index (χ0v) is 11.4. The highest BCUT2D eigenvalue weighted by Crippen LogP contribution is 2.16. The van der Waals surface area contributed by atoms with Crippen LogP contribution in [0.4, 0.5) is 0 Å². The SMILES string of the molecule is Cl.c1cc(-c2noc(CN3CCCNCC3)n2)co1. The van der Waals surface area contributed by atoms with Crippen LogP contribution >= 0.6 is 12.4 Å². The first kappa shape index (κ1) is 14.0. The molecule has 0 aromatic carbocycles. The number of halogens is 1. The third-order valence-electron chi connectivity index (χ3n) is 3.04. The minimum Gasteiger partial charge on any atom is -0.472 e. The fourth-order valence-corrected chi connectivity index (χ4v) is 2.08. The summed E-state index contributed by atoms with van der Waals surface area (Å²) >= 11 is 0. The van der Waals surface area contributed by atoms with Gasteiger partial charge in [0, 0.05) is 13.1 Å². The number of rotatable bonds is 3. The van der Waals surface area contributed by atoms with E-state index in [4.69, 9.17) is 8.94 Å². The summed E-state index contributed by atoms with van der Waals surface area (Å²) in [6.07, 6.45) is 4.37. The highest BCUT2D eigenvalue weighted by atomic mass is 35.5. The molecule has 2 aromatic rings. The predicted molar refractivity (Wildman–Crippen MR) is 72.0 cm³/mol. The van der Waals surface area contributed by atoms with Crippen LogP contribution in [0.25, 0.3) is 11.4 Å². The summed E-state index contributed by atoms with van der Waals surface area (Å²) in [5.74, 6) is 1.25. The molecular weight excluding hydrogens is 268 g/mol. The molecule has 0 unspecified atom stereocenters. The monoisotopic (exact) mass is 284 g/mol. The van der Waals surface area contributed by atoms with Crippen LogP contribution < -0.4 is 5.32 Å². The standard InChI is InChI=1S/C12H16N4O2.ClH/c1-3-13-4-6-16(5-1)8-11-14-12(15-18-11)10-2-7-17-9-10;/h2,7,9,13H,1,3-6,8H2;1H. The van der Waals surface area contributed by atoms with Gasteiger partial charge in [-0.2, -0.15) is 4.98 Å². The zero-order valence-electron chi connectivity index (χ0n) is 10.5. The normalized spacial score (nSPS) is 16.8. The molecule has 3 heterocycles. The first-order valence-electron chi connectivity index (χ1n) is 6.20. The maximum atomic E-state index is 5.27. The molecule has 1 saturated heterocycles. The molecule has 0 saturated carbocycles. The van der Waals surface area contributed by atoms with Crippen LogP contribution in [0, 0.1) is 0 Å². The molecule has 3 rings (SSSR count). The molecule has 1 N–H and O–H groups in total. The van der Waals surface area contributed by atoms with Gasteiger partial charge in [0.1, 0.15) is 6.26 Å². The van der Waals surface area contributed by atoms with E-state index in [1.807, 2.05) is 6.07 Å². The second kappa shape index (κ2) is 6.70. The van der Waals surface area contributed by atoms with E-state index in [0.717, 1.165) is 38.2 Å². The van der Waals surface area contributed by atoms with Crippen molar-refractivity contribution in [1.82, 2.24) is 20.4 Å². The van der Waals surface area contributed by atoms with E-state index in [1.54, 1.807) is 12.5 Å². The van der Waals surface area contributed by atoms with Gasteiger partial charge in [0.2, 0.25) is 11.7 Å². The summed E-state index contributed by atoms with van der Waals surface area (Å²) in [5.41, 5.74) is 0.850. The van der Waals surface area contributed by atoms with Crippen LogP contribution in [0.1, 0.15) is 12.3 Å². The molecule has 1 fully saturated rings. The molecular formula is C12H17ClN4O2. The van der Waals surface area contributed by atoms with Crippen LogP contribution in [-0.2, 0) is 6.54 Å². The molecule has 1 aliphatic rings. The van der Waals surface area contributed by atoms with Crippen molar-refractivity contribution < 1.29 is 8.94 Å². The van der Waals surface area contributed by atoms with E-state index in [9.17, 15) is 0 Å². The predicted octanol–water partition coefficient (Wildman–Crippen LogP) is 1.55. The molecule has 0 aliphatic carbocycles. The van der Waals surface area contributed by atoms with E-state index >= 15 is 0 Å². The van der Waals surface area contributed by atoms with Gasteiger partial charge in [0.15, 0.2) is 0 Å². The maximum absolute atomic E-state index is 5.27. The van der Waals surface area contributed by atoms with E-state index < -0.39 is 0 Å². The summed E-state index contributed by atoms with van der Waals surface area (Å²) in [5, 5.41) is 7.33. The van der Waals surface area contributed by atoms with Crippen molar-refractivity contribution in [2.24, 2.45) is 0 Å². The Balaban J connectivity index is 0.00000133. The average Bonchev–Trinajstić information content (AvgIpc) is 2.98. The Morgan fingerprint density at radius 2 is 2.26 bits per heavy atom. The van der Waals surface area contributed by atoms with E-state index in [2.05, 4.69) is 20.4 Å². The van der Waals surface area contributed by atoms with Crippen LogP contribution in [0.2, 0.25) is 0 Å². The Hall–Kier alpha value is -1.37. The van der Waals surface area contributed by atoms with Gasteiger partial charge < -0.3 is 14.3 Å². The van der Waals surface area contributed by atoms with Crippen molar-refractivity contribution in [3.63, 3.8) is 0 Å². The first-order chi connectivity index (χ1) is 8.92. The lowest BCUT2D eigenvalue weighted by molar-refractivity contribution is 0.239. The quantitative estimate of drug-likeness (QED) is 0.922. The van der Waals surface area contributed by atoms with Gasteiger partial charge in [-0.05, 0) is 25.6 Å². The molecule has 104 valence electrons. The van der Waals surface area contributed by atoms with Crippen LogP contribution in [0.3, 0.4) is 0 Å². The molecule has 0 amide bonds. The lowest BCUT2D eigenvalue weighted by Gasteiger charge is -2.16. The van der Waals surface area contributed by atoms with Crippen molar-refractivity contribution in [2.75, 3.05) is 26.2 Å². The smallest absolute Gasteiger partial charge is 0.241 e. The van der Waals surface area contributed by atoms with Crippen LogP contribution in [0.5, 0.6) is 0 Å². The molecule has 0 atom stereocenters. The summed E-state index contributed by atoms with van der Waals surface area (Å²) in [6.45, 7) is 4.90. The van der Waals surface area contributed by atoms with Gasteiger partial charge in [0.25, 0.3) is 0 Å². The zero-order chi connectivity index (χ0) is 12.2. The van der Waals surface area contributed by atoms with Gasteiger partial charge in [-0.15, -0.1) is 12.4 Å². The number of nitrogens with zero attached hydrogens (tertiary/aromatic N) is 3. The fourth-order valence-electron chi connectivity index (χ4n) is 2.08. The second-order valence-corrected chi connectivity index (χ2v) is 4.40. The number of aromatic nitrogens is 2. The van der Waals surface area contributed by atoms with Gasteiger partial charge in [-0.3, -0.25) is 4.90 Å². The third kappa shape index (κ3) is 3.56. The Kier molecular flexibility index (Phi) is 4.95. The molecule has 7 heteroatoms. The lowest BCUT2D eigenvalue weighted by atomic mass is 10.3. The third-order valence-corrected chi connectivity index (χ3v) is 3.04. The Bertz CT molecular complexity index is 478. The summed E-state index contributed by atoms with van der Waals surface area (Å²) in [4.78, 5) is 6.70. The van der Waals surface area contributed by atoms with Gasteiger partial charge in [0.05, 0.1) is 18.4 Å². The lowest BCUT2D eigenvalue weighted by Crippen LogP contribution is -2.27. The molecule has 0 spiro atoms. The van der Waals surface area contributed by atoms with Crippen molar-refractivity contribution in [3.05, 3.63) is 24.5 Å². The van der Waals surface area contributed by atoms with Gasteiger partial charge in [-0.1, -0.05) is 5.16 Å². The van der Waals surface area contributed by atoms with Crippen LogP contribution in [0.15, 0.2) is 27.5 Å². The fraction of sp³-hybridized carbons (Fsp3) is 0.500. The molecule has 19 heavy (non-hydrogen) atoms. The Morgan fingerprint density at radius 3 is 3.11 bits per heavy atom. The second-order valence-electron chi connectivity index (χ2n) is 4.40. The molecule has 2 aromatic heterocycles. The summed E-state index contributed by atoms with van der Waals surface area (Å²) < 4.78 is 10.3. The van der Waals surface area contributed by atoms with Gasteiger partial charge >= 0.3 is 0 Å². The van der Waals surface area contributed by atoms with Crippen molar-refractivity contribution >= 4 is 12.4 Å². The minimum atomic E-state index is 0. The highest BCUT2D eigenvalue weighted by molar-refractivity contribution is 5.85. The van der Waals surface area contributed by atoms with E-state index in [-0.39, 0.29) is 12.4 Å². The summed E-state index contributed by atoms with van der Waals surface area (Å²) in [6, 6.07) is 1.82. The minimum absolute atomic E-state index is 0. The van der Waals surface area contributed by atoms with Crippen LogP contribution in [-0.4, -0.2) is 41.2 Å². The summed E-state index contributed by atoms with van der Waals surface area (Å²) in [7, 11) is 0. The number of hydrogen-bond acceptors (Lipinski definition) is 6. The van der Waals surface area contributed by atoms with E-state index in [0.29, 0.717) is 18.3 Å². The number of hydrogen-bond donors (Lipinski definition) is 1. The Morgan fingerprint density at radius 1 is 1.32 bits per heavy atom. The average molecular weight is 285 g/mol. The largest absolute Gasteiger partial charge is 0.472 e. The number of furan rings is 1. The topological polar surface area (TPSA) is 67.3 Å². The Labute approximate surface area is 117 Å². The molecule has 0 bridgehead atoms. The number of nitrogens with one attached hydrogen (secondary N) is 1. The van der Waals surface area contributed by atoms with Crippen molar-refractivity contribution in [3.8, 4) is 11.4 Å². The molecule has 1 aliphatic heterocycles. The van der Waals surface area contributed by atoms with Crippen molar-refractivity contribution in [1.29, 1.82) is 0 Å². The molecule has 6 nitrogen and oxygen atoms in total.